The van der Waals surface area contributed by atoms with Gasteiger partial charge >= 0.3 is 0 Å². The van der Waals surface area contributed by atoms with Gasteiger partial charge in [0, 0.05) is 18.5 Å². The van der Waals surface area contributed by atoms with Crippen molar-refractivity contribution in [1.82, 2.24) is 5.48 Å². The number of benzene rings is 3. The lowest BCUT2D eigenvalue weighted by atomic mass is 9.88. The van der Waals surface area contributed by atoms with Crippen molar-refractivity contribution in [1.29, 1.82) is 0 Å². The Morgan fingerprint density at radius 1 is 0.657 bits per heavy atom. The van der Waals surface area contributed by atoms with E-state index in [0.29, 0.717) is 19.3 Å². The van der Waals surface area contributed by atoms with Crippen LogP contribution in [0.1, 0.15) is 68.6 Å². The Hall–Kier alpha value is -3.70. The molecule has 35 heavy (non-hydrogen) atoms. The van der Waals surface area contributed by atoms with E-state index in [1.165, 1.54) is 22.3 Å². The van der Waals surface area contributed by atoms with Crippen LogP contribution in [0.15, 0.2) is 84.9 Å². The van der Waals surface area contributed by atoms with Crippen LogP contribution < -0.4 is 10.8 Å². The number of amides is 2. The number of hydrogen-bond donors (Lipinski definition) is 3. The van der Waals surface area contributed by atoms with Crippen LogP contribution in [0.3, 0.4) is 0 Å². The van der Waals surface area contributed by atoms with E-state index in [9.17, 15) is 9.59 Å². The van der Waals surface area contributed by atoms with E-state index in [2.05, 4.69) is 72.9 Å². The summed E-state index contributed by atoms with van der Waals surface area (Å²) < 4.78 is 0. The maximum absolute atomic E-state index is 12.4. The molecule has 0 saturated carbocycles. The first-order chi connectivity index (χ1) is 17.1. The summed E-state index contributed by atoms with van der Waals surface area (Å²) >= 11 is 0. The minimum absolute atomic E-state index is 0.0109. The second-order valence-electron chi connectivity index (χ2n) is 8.51. The largest absolute Gasteiger partial charge is 0.326 e. The summed E-state index contributed by atoms with van der Waals surface area (Å²) in [5.41, 5.74) is 8.39. The number of allylic oxidation sites excluding steroid dienone is 1. The SMILES string of the molecule is CC/C(=C(/c1ccccc1)c1ccc(NC(=O)CCCCCCC(=O)NO)cc1)c1ccccc1. The molecule has 182 valence electrons. The van der Waals surface area contributed by atoms with Crippen molar-refractivity contribution in [3.8, 4) is 0 Å². The fourth-order valence-corrected chi connectivity index (χ4v) is 4.21. The Kier molecular flexibility index (Phi) is 10.3. The molecule has 5 nitrogen and oxygen atoms in total. The highest BCUT2D eigenvalue weighted by atomic mass is 16.5. The minimum atomic E-state index is -0.369. The molecule has 0 fully saturated rings. The molecule has 0 unspecified atom stereocenters. The lowest BCUT2D eigenvalue weighted by Gasteiger charge is -2.17. The highest BCUT2D eigenvalue weighted by Gasteiger charge is 2.13. The summed E-state index contributed by atoms with van der Waals surface area (Å²) in [4.78, 5) is 23.4. The molecule has 3 rings (SSSR count). The van der Waals surface area contributed by atoms with Gasteiger partial charge in [-0.2, -0.15) is 0 Å². The Morgan fingerprint density at radius 3 is 1.71 bits per heavy atom. The molecular weight excluding hydrogens is 436 g/mol. The van der Waals surface area contributed by atoms with Gasteiger partial charge in [0.25, 0.3) is 0 Å². The van der Waals surface area contributed by atoms with E-state index in [1.54, 1.807) is 5.48 Å². The lowest BCUT2D eigenvalue weighted by Crippen LogP contribution is -2.17. The average molecular weight is 471 g/mol. The fourth-order valence-electron chi connectivity index (χ4n) is 4.21. The topological polar surface area (TPSA) is 78.4 Å². The van der Waals surface area contributed by atoms with Crippen molar-refractivity contribution >= 4 is 28.6 Å². The number of rotatable bonds is 12. The summed E-state index contributed by atoms with van der Waals surface area (Å²) in [5.74, 6) is -0.380. The molecule has 3 aromatic carbocycles. The highest BCUT2D eigenvalue weighted by molar-refractivity contribution is 5.99. The number of nitrogens with one attached hydrogen (secondary N) is 2. The van der Waals surface area contributed by atoms with Crippen LogP contribution in [-0.4, -0.2) is 17.0 Å². The number of hydrogen-bond acceptors (Lipinski definition) is 3. The number of anilines is 1. The molecule has 0 aromatic heterocycles. The highest BCUT2D eigenvalue weighted by Crippen LogP contribution is 2.34. The van der Waals surface area contributed by atoms with Gasteiger partial charge in [-0.05, 0) is 59.2 Å². The second-order valence-corrected chi connectivity index (χ2v) is 8.51. The monoisotopic (exact) mass is 470 g/mol. The zero-order valence-corrected chi connectivity index (χ0v) is 20.3. The van der Waals surface area contributed by atoms with E-state index >= 15 is 0 Å². The third-order valence-corrected chi connectivity index (χ3v) is 5.98. The molecule has 0 saturated heterocycles. The number of carbonyl (C=O) groups is 2. The zero-order valence-electron chi connectivity index (χ0n) is 20.3. The Bertz CT molecular complexity index is 1110. The molecule has 0 bridgehead atoms. The zero-order chi connectivity index (χ0) is 24.9. The summed E-state index contributed by atoms with van der Waals surface area (Å²) in [5, 5.41) is 11.5. The predicted octanol–water partition coefficient (Wildman–Crippen LogP) is 6.84. The molecular formula is C30H34N2O3. The normalized spacial score (nSPS) is 11.5. The van der Waals surface area contributed by atoms with E-state index in [1.807, 2.05) is 24.3 Å². The van der Waals surface area contributed by atoms with Crippen molar-refractivity contribution in [3.05, 3.63) is 102 Å². The summed E-state index contributed by atoms with van der Waals surface area (Å²) in [6.07, 6.45) is 4.84. The Morgan fingerprint density at radius 2 is 1.17 bits per heavy atom. The van der Waals surface area contributed by atoms with Gasteiger partial charge in [-0.25, -0.2) is 5.48 Å². The van der Waals surface area contributed by atoms with Gasteiger partial charge in [-0.3, -0.25) is 14.8 Å². The standard InChI is InChI=1S/C30H34N2O3/c1-2-27(23-13-7-5-8-14-23)30(24-15-9-6-10-16-24)25-19-21-26(22-20-25)31-28(33)17-11-3-4-12-18-29(34)32-35/h5-10,13-16,19-22,35H,2-4,11-12,17-18H2,1H3,(H,31,33)(H,32,34)/b30-27+. The first kappa shape index (κ1) is 25.9. The van der Waals surface area contributed by atoms with Gasteiger partial charge in [-0.1, -0.05) is 92.6 Å². The van der Waals surface area contributed by atoms with Crippen molar-refractivity contribution in [2.75, 3.05) is 5.32 Å². The number of hydroxylamine groups is 1. The van der Waals surface area contributed by atoms with Crippen molar-refractivity contribution in [2.45, 2.75) is 51.9 Å². The molecule has 3 N–H and O–H groups in total. The quantitative estimate of drug-likeness (QED) is 0.117. The second kappa shape index (κ2) is 13.9. The van der Waals surface area contributed by atoms with Gasteiger partial charge < -0.3 is 5.32 Å². The lowest BCUT2D eigenvalue weighted by molar-refractivity contribution is -0.129. The van der Waals surface area contributed by atoms with E-state index in [4.69, 9.17) is 5.21 Å². The molecule has 0 radical (unpaired) electrons. The predicted molar refractivity (Wildman–Crippen MR) is 142 cm³/mol. The molecule has 5 heteroatoms. The Balaban J connectivity index is 1.68. The first-order valence-electron chi connectivity index (χ1n) is 12.3. The van der Waals surface area contributed by atoms with Crippen LogP contribution in [0.2, 0.25) is 0 Å². The molecule has 3 aromatic rings. The average Bonchev–Trinajstić information content (AvgIpc) is 2.90. The molecule has 0 atom stereocenters. The fraction of sp³-hybridized carbons (Fsp3) is 0.267. The van der Waals surface area contributed by atoms with Crippen molar-refractivity contribution < 1.29 is 14.8 Å². The van der Waals surface area contributed by atoms with Crippen molar-refractivity contribution in [2.24, 2.45) is 0 Å². The van der Waals surface area contributed by atoms with Gasteiger partial charge in [0.2, 0.25) is 11.8 Å². The molecule has 0 aliphatic heterocycles. The van der Waals surface area contributed by atoms with Crippen LogP contribution in [-0.2, 0) is 9.59 Å². The van der Waals surface area contributed by atoms with Gasteiger partial charge in [0.1, 0.15) is 0 Å². The molecule has 0 heterocycles. The summed E-state index contributed by atoms with van der Waals surface area (Å²) in [6, 6.07) is 29.0. The number of carbonyl (C=O) groups excluding carboxylic acids is 2. The van der Waals surface area contributed by atoms with Crippen LogP contribution in [0, 0.1) is 0 Å². The van der Waals surface area contributed by atoms with E-state index in [-0.39, 0.29) is 11.8 Å². The smallest absolute Gasteiger partial charge is 0.243 e. The van der Waals surface area contributed by atoms with Gasteiger partial charge in [0.05, 0.1) is 0 Å². The van der Waals surface area contributed by atoms with Crippen LogP contribution in [0.5, 0.6) is 0 Å². The third kappa shape index (κ3) is 7.94. The maximum atomic E-state index is 12.4. The maximum Gasteiger partial charge on any atom is 0.243 e. The van der Waals surface area contributed by atoms with Crippen LogP contribution in [0.25, 0.3) is 11.1 Å². The van der Waals surface area contributed by atoms with Gasteiger partial charge in [0.15, 0.2) is 0 Å². The van der Waals surface area contributed by atoms with E-state index < -0.39 is 0 Å². The number of unbranched alkanes of at least 4 members (excludes halogenated alkanes) is 3. The van der Waals surface area contributed by atoms with Crippen LogP contribution >= 0.6 is 0 Å². The van der Waals surface area contributed by atoms with Crippen LogP contribution in [0.4, 0.5) is 5.69 Å². The molecule has 0 aliphatic carbocycles. The Labute approximate surface area is 207 Å². The minimum Gasteiger partial charge on any atom is -0.326 e. The van der Waals surface area contributed by atoms with Gasteiger partial charge in [-0.15, -0.1) is 0 Å². The third-order valence-electron chi connectivity index (χ3n) is 5.98. The molecule has 0 spiro atoms. The molecule has 0 aliphatic rings. The summed E-state index contributed by atoms with van der Waals surface area (Å²) in [6.45, 7) is 2.18. The molecule has 2 amide bonds. The van der Waals surface area contributed by atoms with Crippen molar-refractivity contribution in [3.63, 3.8) is 0 Å². The first-order valence-corrected chi connectivity index (χ1v) is 12.3. The summed E-state index contributed by atoms with van der Waals surface area (Å²) in [7, 11) is 0. The van der Waals surface area contributed by atoms with E-state index in [0.717, 1.165) is 36.9 Å².